The summed E-state index contributed by atoms with van der Waals surface area (Å²) in [4.78, 5) is 98.6. The Labute approximate surface area is 311 Å². The number of benzene rings is 2. The minimum absolute atomic E-state index is 0.0549. The summed E-state index contributed by atoms with van der Waals surface area (Å²) in [6, 6.07) is 8.94. The first-order valence-electron chi connectivity index (χ1n) is 17.0. The number of nitrogens with one attached hydrogen (secondary N) is 4. The van der Waals surface area contributed by atoms with Crippen molar-refractivity contribution < 1.29 is 52.7 Å². The number of alkyl carbamates (subject to hydrolysis) is 1. The smallest absolute Gasteiger partial charge is 0.444 e. The van der Waals surface area contributed by atoms with Crippen molar-refractivity contribution in [2.24, 2.45) is 5.92 Å². The molecule has 0 bridgehead atoms. The number of nitro benzene ring substituents is 1. The summed E-state index contributed by atoms with van der Waals surface area (Å²) < 4.78 is 15.3. The predicted octanol–water partition coefficient (Wildman–Crippen LogP) is 3.49. The quantitative estimate of drug-likeness (QED) is 0.0453. The van der Waals surface area contributed by atoms with Gasteiger partial charge in [-0.2, -0.15) is 0 Å². The topological polar surface area (TPSA) is 242 Å². The summed E-state index contributed by atoms with van der Waals surface area (Å²) in [6.07, 6.45) is 1.44. The number of carbonyl (C=O) groups is 7. The summed E-state index contributed by atoms with van der Waals surface area (Å²) in [5, 5.41) is 21.4. The maximum atomic E-state index is 13.5. The number of nitrogens with zero attached hydrogens (tertiary/aromatic N) is 2. The Morgan fingerprint density at radius 1 is 0.870 bits per heavy atom. The number of anilines is 1. The van der Waals surface area contributed by atoms with Crippen LogP contribution in [0.3, 0.4) is 0 Å². The lowest BCUT2D eigenvalue weighted by Gasteiger charge is -2.26. The SMILES string of the molecule is CC(C)[C@H](NC(=O)CN1C(=O)C=CC1=O)C(=O)N[C@@H](CCCCNC(=O)OC(C)(C)C)C(=O)Nc1ccc(COC(=O)Oc2ccc([N+](=O)[O-])cc2)cc1. The van der Waals surface area contributed by atoms with Gasteiger partial charge in [0.1, 0.15) is 36.6 Å². The second-order valence-corrected chi connectivity index (χ2v) is 13.4. The molecule has 6 amide bonds. The average molecular weight is 753 g/mol. The van der Waals surface area contributed by atoms with Crippen molar-refractivity contribution in [3.63, 3.8) is 0 Å². The van der Waals surface area contributed by atoms with Gasteiger partial charge < -0.3 is 35.5 Å². The minimum Gasteiger partial charge on any atom is -0.444 e. The van der Waals surface area contributed by atoms with E-state index in [0.29, 0.717) is 24.1 Å². The Morgan fingerprint density at radius 2 is 1.50 bits per heavy atom. The van der Waals surface area contributed by atoms with Crippen molar-refractivity contribution in [2.45, 2.75) is 78.2 Å². The number of unbranched alkanes of at least 4 members (excludes halogenated alkanes) is 1. The molecule has 1 heterocycles. The lowest BCUT2D eigenvalue weighted by molar-refractivity contribution is -0.384. The predicted molar refractivity (Wildman–Crippen MR) is 192 cm³/mol. The molecule has 2 aromatic carbocycles. The molecule has 1 aliphatic rings. The van der Waals surface area contributed by atoms with Gasteiger partial charge in [-0.1, -0.05) is 26.0 Å². The highest BCUT2D eigenvalue weighted by atomic mass is 16.7. The van der Waals surface area contributed by atoms with Gasteiger partial charge in [-0.05, 0) is 75.8 Å². The van der Waals surface area contributed by atoms with Gasteiger partial charge in [0.25, 0.3) is 17.5 Å². The van der Waals surface area contributed by atoms with Crippen molar-refractivity contribution in [2.75, 3.05) is 18.4 Å². The first kappa shape index (κ1) is 42.1. The zero-order valence-corrected chi connectivity index (χ0v) is 30.5. The molecule has 2 atom stereocenters. The van der Waals surface area contributed by atoms with E-state index in [9.17, 15) is 43.7 Å². The Kier molecular flexibility index (Phi) is 15.2. The van der Waals surface area contributed by atoms with E-state index >= 15 is 0 Å². The van der Waals surface area contributed by atoms with Crippen LogP contribution in [0.1, 0.15) is 59.4 Å². The Hall–Kier alpha value is -6.33. The zero-order valence-electron chi connectivity index (χ0n) is 30.5. The molecule has 4 N–H and O–H groups in total. The van der Waals surface area contributed by atoms with Crippen LogP contribution in [0, 0.1) is 16.0 Å². The van der Waals surface area contributed by atoms with E-state index in [1.807, 2.05) is 0 Å². The van der Waals surface area contributed by atoms with Crippen molar-refractivity contribution in [1.82, 2.24) is 20.9 Å². The zero-order chi connectivity index (χ0) is 40.0. The molecule has 18 nitrogen and oxygen atoms in total. The van der Waals surface area contributed by atoms with Crippen molar-refractivity contribution in [3.8, 4) is 5.75 Å². The molecule has 290 valence electrons. The molecule has 3 rings (SSSR count). The maximum Gasteiger partial charge on any atom is 0.514 e. The first-order chi connectivity index (χ1) is 25.4. The van der Waals surface area contributed by atoms with Crippen molar-refractivity contribution in [3.05, 3.63) is 76.4 Å². The van der Waals surface area contributed by atoms with E-state index in [1.165, 1.54) is 24.3 Å². The fraction of sp³-hybridized carbons (Fsp3) is 0.417. The second-order valence-electron chi connectivity index (χ2n) is 13.4. The van der Waals surface area contributed by atoms with Gasteiger partial charge in [-0.3, -0.25) is 39.0 Å². The first-order valence-corrected chi connectivity index (χ1v) is 17.0. The van der Waals surface area contributed by atoms with E-state index in [2.05, 4.69) is 21.3 Å². The Balaban J connectivity index is 1.61. The fourth-order valence-corrected chi connectivity index (χ4v) is 4.81. The van der Waals surface area contributed by atoms with Gasteiger partial charge in [0.15, 0.2) is 0 Å². The largest absolute Gasteiger partial charge is 0.514 e. The van der Waals surface area contributed by atoms with Gasteiger partial charge in [0.2, 0.25) is 17.7 Å². The van der Waals surface area contributed by atoms with Crippen LogP contribution in [0.5, 0.6) is 5.75 Å². The van der Waals surface area contributed by atoms with E-state index < -0.39 is 76.9 Å². The number of hydrogen-bond donors (Lipinski definition) is 4. The summed E-state index contributed by atoms with van der Waals surface area (Å²) in [6.45, 7) is 8.03. The number of imide groups is 1. The van der Waals surface area contributed by atoms with Crippen LogP contribution in [-0.2, 0) is 40.1 Å². The second kappa shape index (κ2) is 19.5. The van der Waals surface area contributed by atoms with Gasteiger partial charge in [0.05, 0.1) is 4.92 Å². The third kappa shape index (κ3) is 14.0. The number of amides is 6. The molecule has 0 radical (unpaired) electrons. The number of carbonyl (C=O) groups excluding carboxylic acids is 7. The highest BCUT2D eigenvalue weighted by Gasteiger charge is 2.31. The number of rotatable bonds is 17. The third-order valence-corrected chi connectivity index (χ3v) is 7.52. The van der Waals surface area contributed by atoms with Crippen LogP contribution in [0.15, 0.2) is 60.7 Å². The average Bonchev–Trinajstić information content (AvgIpc) is 3.40. The van der Waals surface area contributed by atoms with Gasteiger partial charge in [0, 0.05) is 36.5 Å². The van der Waals surface area contributed by atoms with Crippen LogP contribution < -0.4 is 26.0 Å². The number of nitro groups is 1. The Morgan fingerprint density at radius 3 is 2.07 bits per heavy atom. The van der Waals surface area contributed by atoms with Crippen LogP contribution in [0.25, 0.3) is 0 Å². The summed E-state index contributed by atoms with van der Waals surface area (Å²) in [7, 11) is 0. The third-order valence-electron chi connectivity index (χ3n) is 7.52. The molecular formula is C36H44N6O12. The molecule has 0 aliphatic carbocycles. The van der Waals surface area contributed by atoms with Gasteiger partial charge in [-0.15, -0.1) is 0 Å². The molecule has 0 fully saturated rings. The lowest BCUT2D eigenvalue weighted by atomic mass is 10.0. The Bertz CT molecular complexity index is 1720. The van der Waals surface area contributed by atoms with Crippen LogP contribution in [0.4, 0.5) is 21.0 Å². The maximum absolute atomic E-state index is 13.5. The monoisotopic (exact) mass is 752 g/mol. The van der Waals surface area contributed by atoms with Crippen LogP contribution in [0.2, 0.25) is 0 Å². The molecule has 1 aliphatic heterocycles. The number of ether oxygens (including phenoxy) is 3. The van der Waals surface area contributed by atoms with Gasteiger partial charge >= 0.3 is 12.2 Å². The standard InChI is InChI=1S/C36H44N6O12/c1-22(2)31(40-28(43)20-41-29(44)17-18-30(41)45)33(47)39-27(8-6-7-19-37-34(48)54-36(3,4)5)32(46)38-24-11-9-23(10-12-24)21-52-35(49)53-26-15-13-25(14-16-26)42(50)51/h9-18,22,27,31H,6-8,19-21H2,1-5H3,(H,37,48)(H,38,46)(H,39,47)(H,40,43)/t27-,31-/m0/s1. The highest BCUT2D eigenvalue weighted by molar-refractivity contribution is 6.14. The summed E-state index contributed by atoms with van der Waals surface area (Å²) in [5.41, 5.74) is 0.0491. The van der Waals surface area contributed by atoms with E-state index in [-0.39, 0.29) is 31.0 Å². The molecule has 0 aromatic heterocycles. The molecule has 0 saturated heterocycles. The highest BCUT2D eigenvalue weighted by Crippen LogP contribution is 2.19. The van der Waals surface area contributed by atoms with E-state index in [0.717, 1.165) is 17.1 Å². The van der Waals surface area contributed by atoms with Crippen molar-refractivity contribution in [1.29, 1.82) is 0 Å². The normalized spacial score (nSPS) is 13.5. The van der Waals surface area contributed by atoms with E-state index in [1.54, 1.807) is 58.9 Å². The lowest BCUT2D eigenvalue weighted by Crippen LogP contribution is -2.56. The van der Waals surface area contributed by atoms with Gasteiger partial charge in [-0.25, -0.2) is 9.59 Å². The fourth-order valence-electron chi connectivity index (χ4n) is 4.81. The molecule has 18 heteroatoms. The molecule has 0 spiro atoms. The van der Waals surface area contributed by atoms with Crippen LogP contribution >= 0.6 is 0 Å². The molecule has 0 saturated carbocycles. The molecule has 0 unspecified atom stereocenters. The van der Waals surface area contributed by atoms with E-state index in [4.69, 9.17) is 14.2 Å². The van der Waals surface area contributed by atoms with Crippen LogP contribution in [-0.4, -0.2) is 82.4 Å². The number of hydrogen-bond acceptors (Lipinski definition) is 12. The molecule has 2 aromatic rings. The minimum atomic E-state index is -1.12. The number of non-ortho nitro benzene ring substituents is 1. The van der Waals surface area contributed by atoms with Crippen molar-refractivity contribution >= 4 is 53.2 Å². The summed E-state index contributed by atoms with van der Waals surface area (Å²) in [5.74, 6) is -3.68. The molecule has 54 heavy (non-hydrogen) atoms. The summed E-state index contributed by atoms with van der Waals surface area (Å²) >= 11 is 0. The molecular weight excluding hydrogens is 708 g/mol.